The Bertz CT molecular complexity index is 469. The summed E-state index contributed by atoms with van der Waals surface area (Å²) in [6.45, 7) is 4.62. The fourth-order valence-corrected chi connectivity index (χ4v) is 3.98. The summed E-state index contributed by atoms with van der Waals surface area (Å²) < 4.78 is 0. The molecule has 2 nitrogen and oxygen atoms in total. The number of fused-ring (bicyclic) bond motifs is 1. The average Bonchev–Trinajstić information content (AvgIpc) is 2.81. The number of nitrogens with zero attached hydrogens (tertiary/aromatic N) is 1. The summed E-state index contributed by atoms with van der Waals surface area (Å²) in [5, 5.41) is 2.32. The summed E-state index contributed by atoms with van der Waals surface area (Å²) >= 11 is 0. The van der Waals surface area contributed by atoms with Crippen LogP contribution in [0.3, 0.4) is 0 Å². The molecule has 2 heteroatoms. The number of hydrogen-bond donors (Lipinski definition) is 0. The number of rotatable bonds is 1. The lowest BCUT2D eigenvalue weighted by molar-refractivity contribution is -0.208. The van der Waals surface area contributed by atoms with Crippen LogP contribution in [0.1, 0.15) is 51.0 Å². The standard InChI is InChI=1S/C16H21NO/c1-15(2)9-8-13-10-16(18-17(13)15)11-14(16)12-6-4-3-5-7-12/h3-7,13-14H,8-11H2,1-2H3/t13-,14+,16-/m0/s1. The molecule has 1 spiro atoms. The van der Waals surface area contributed by atoms with E-state index >= 15 is 0 Å². The molecule has 0 N–H and O–H groups in total. The third-order valence-electron chi connectivity index (χ3n) is 5.11. The fraction of sp³-hybridized carbons (Fsp3) is 0.625. The van der Waals surface area contributed by atoms with Gasteiger partial charge in [-0.25, -0.2) is 0 Å². The molecule has 0 aromatic heterocycles. The van der Waals surface area contributed by atoms with Gasteiger partial charge in [0.15, 0.2) is 0 Å². The van der Waals surface area contributed by atoms with Crippen molar-refractivity contribution in [1.29, 1.82) is 0 Å². The predicted molar refractivity (Wildman–Crippen MR) is 71.2 cm³/mol. The van der Waals surface area contributed by atoms with Crippen LogP contribution in [-0.4, -0.2) is 22.2 Å². The van der Waals surface area contributed by atoms with Crippen molar-refractivity contribution in [2.45, 2.75) is 62.6 Å². The van der Waals surface area contributed by atoms with E-state index in [1.54, 1.807) is 0 Å². The Morgan fingerprint density at radius 2 is 1.94 bits per heavy atom. The van der Waals surface area contributed by atoms with Gasteiger partial charge in [-0.2, -0.15) is 5.06 Å². The molecule has 0 amide bonds. The highest BCUT2D eigenvalue weighted by atomic mass is 16.7. The molecule has 18 heavy (non-hydrogen) atoms. The minimum atomic E-state index is 0.143. The van der Waals surface area contributed by atoms with E-state index in [2.05, 4.69) is 49.2 Å². The monoisotopic (exact) mass is 243 g/mol. The van der Waals surface area contributed by atoms with Crippen LogP contribution in [0.4, 0.5) is 0 Å². The number of hydrogen-bond acceptors (Lipinski definition) is 2. The molecule has 1 aromatic carbocycles. The molecule has 3 fully saturated rings. The van der Waals surface area contributed by atoms with Crippen LogP contribution in [0.15, 0.2) is 30.3 Å². The van der Waals surface area contributed by atoms with Crippen molar-refractivity contribution in [3.8, 4) is 0 Å². The molecule has 2 saturated heterocycles. The Labute approximate surface area is 109 Å². The van der Waals surface area contributed by atoms with Gasteiger partial charge in [0.1, 0.15) is 0 Å². The van der Waals surface area contributed by atoms with Crippen molar-refractivity contribution in [3.63, 3.8) is 0 Å². The third kappa shape index (κ3) is 1.42. The highest BCUT2D eigenvalue weighted by molar-refractivity contribution is 5.33. The first-order chi connectivity index (χ1) is 8.61. The number of benzene rings is 1. The zero-order chi connectivity index (χ0) is 12.4. The van der Waals surface area contributed by atoms with E-state index in [9.17, 15) is 0 Å². The molecule has 1 aromatic rings. The van der Waals surface area contributed by atoms with E-state index < -0.39 is 0 Å². The van der Waals surface area contributed by atoms with Gasteiger partial charge in [0.2, 0.25) is 0 Å². The van der Waals surface area contributed by atoms with Gasteiger partial charge in [0.25, 0.3) is 0 Å². The van der Waals surface area contributed by atoms with E-state index in [1.165, 1.54) is 31.2 Å². The van der Waals surface area contributed by atoms with Gasteiger partial charge in [-0.3, -0.25) is 4.84 Å². The molecule has 2 aliphatic heterocycles. The van der Waals surface area contributed by atoms with E-state index in [0.717, 1.165) is 0 Å². The lowest BCUT2D eigenvalue weighted by atomic mass is 10.00. The largest absolute Gasteiger partial charge is 0.291 e. The Kier molecular flexibility index (Phi) is 2.06. The molecule has 1 saturated carbocycles. The molecule has 2 heterocycles. The molecule has 4 rings (SSSR count). The summed E-state index contributed by atoms with van der Waals surface area (Å²) in [6, 6.07) is 11.5. The van der Waals surface area contributed by atoms with Crippen molar-refractivity contribution in [2.24, 2.45) is 0 Å². The zero-order valence-corrected chi connectivity index (χ0v) is 11.2. The second-order valence-corrected chi connectivity index (χ2v) is 6.86. The second-order valence-electron chi connectivity index (χ2n) is 6.86. The topological polar surface area (TPSA) is 12.5 Å². The minimum absolute atomic E-state index is 0.143. The lowest BCUT2D eigenvalue weighted by Gasteiger charge is -2.30. The van der Waals surface area contributed by atoms with Crippen LogP contribution in [0.2, 0.25) is 0 Å². The highest BCUT2D eigenvalue weighted by Gasteiger charge is 2.65. The summed E-state index contributed by atoms with van der Waals surface area (Å²) in [4.78, 5) is 6.40. The highest BCUT2D eigenvalue weighted by Crippen LogP contribution is 2.63. The Hall–Kier alpha value is -0.860. The summed E-state index contributed by atoms with van der Waals surface area (Å²) in [5.74, 6) is 0.625. The molecule has 1 aliphatic carbocycles. The first kappa shape index (κ1) is 11.0. The van der Waals surface area contributed by atoms with E-state index in [0.29, 0.717) is 12.0 Å². The molecule has 0 bridgehead atoms. The minimum Gasteiger partial charge on any atom is -0.291 e. The maximum absolute atomic E-state index is 6.40. The van der Waals surface area contributed by atoms with Crippen molar-refractivity contribution in [2.75, 3.05) is 0 Å². The van der Waals surface area contributed by atoms with Gasteiger partial charge in [-0.1, -0.05) is 30.3 Å². The van der Waals surface area contributed by atoms with Gasteiger partial charge in [0, 0.05) is 17.5 Å². The van der Waals surface area contributed by atoms with Crippen molar-refractivity contribution < 1.29 is 4.84 Å². The average molecular weight is 243 g/mol. The maximum atomic E-state index is 6.40. The predicted octanol–water partition coefficient (Wildman–Crippen LogP) is 3.49. The maximum Gasteiger partial charge on any atom is 0.0991 e. The normalized spacial score (nSPS) is 41.2. The Morgan fingerprint density at radius 1 is 1.17 bits per heavy atom. The van der Waals surface area contributed by atoms with Crippen LogP contribution < -0.4 is 0 Å². The SMILES string of the molecule is CC1(C)CC[C@H]2C[C@@]3(C[C@@H]3c3ccccc3)ON21. The van der Waals surface area contributed by atoms with Crippen LogP contribution in [0, 0.1) is 0 Å². The molecule has 96 valence electrons. The van der Waals surface area contributed by atoms with E-state index in [-0.39, 0.29) is 11.1 Å². The first-order valence-electron chi connectivity index (χ1n) is 7.14. The van der Waals surface area contributed by atoms with Crippen molar-refractivity contribution >= 4 is 0 Å². The van der Waals surface area contributed by atoms with Crippen LogP contribution in [0.5, 0.6) is 0 Å². The third-order valence-corrected chi connectivity index (χ3v) is 5.11. The lowest BCUT2D eigenvalue weighted by Crippen LogP contribution is -2.39. The van der Waals surface area contributed by atoms with E-state index in [4.69, 9.17) is 4.84 Å². The Balaban J connectivity index is 1.57. The van der Waals surface area contributed by atoms with Gasteiger partial charge < -0.3 is 0 Å². The van der Waals surface area contributed by atoms with Gasteiger partial charge in [-0.15, -0.1) is 0 Å². The van der Waals surface area contributed by atoms with Crippen LogP contribution >= 0.6 is 0 Å². The van der Waals surface area contributed by atoms with Gasteiger partial charge in [0.05, 0.1) is 5.60 Å². The van der Waals surface area contributed by atoms with Crippen LogP contribution in [-0.2, 0) is 4.84 Å². The first-order valence-corrected chi connectivity index (χ1v) is 7.14. The molecule has 3 atom stereocenters. The van der Waals surface area contributed by atoms with Crippen molar-refractivity contribution in [3.05, 3.63) is 35.9 Å². The summed E-state index contributed by atoms with van der Waals surface area (Å²) in [5.41, 5.74) is 1.83. The summed E-state index contributed by atoms with van der Waals surface area (Å²) in [6.07, 6.45) is 5.01. The summed E-state index contributed by atoms with van der Waals surface area (Å²) in [7, 11) is 0. The van der Waals surface area contributed by atoms with Crippen LogP contribution in [0.25, 0.3) is 0 Å². The quantitative estimate of drug-likeness (QED) is 0.748. The van der Waals surface area contributed by atoms with Gasteiger partial charge >= 0.3 is 0 Å². The van der Waals surface area contributed by atoms with Gasteiger partial charge in [-0.05, 0) is 45.1 Å². The van der Waals surface area contributed by atoms with E-state index in [1.807, 2.05) is 0 Å². The Morgan fingerprint density at radius 3 is 2.67 bits per heavy atom. The molecule has 3 aliphatic rings. The fourth-order valence-electron chi connectivity index (χ4n) is 3.98. The second kappa shape index (κ2) is 3.37. The van der Waals surface area contributed by atoms with Crippen molar-refractivity contribution in [1.82, 2.24) is 5.06 Å². The molecule has 0 radical (unpaired) electrons. The zero-order valence-electron chi connectivity index (χ0n) is 11.2. The molecule has 0 unspecified atom stereocenters. The molecular weight excluding hydrogens is 222 g/mol. The number of hydroxylamine groups is 2. The smallest absolute Gasteiger partial charge is 0.0991 e. The molecular formula is C16H21NO.